The van der Waals surface area contributed by atoms with Crippen LogP contribution < -0.4 is 0 Å². The topological polar surface area (TPSA) is 35.5 Å². The number of fused-ring (bicyclic) bond motifs is 5. The lowest BCUT2D eigenvalue weighted by Gasteiger charge is -2.59. The summed E-state index contributed by atoms with van der Waals surface area (Å²) in [6.07, 6.45) is 13.3. The van der Waals surface area contributed by atoms with Gasteiger partial charge in [0.15, 0.2) is 16.6 Å². The van der Waals surface area contributed by atoms with Crippen molar-refractivity contribution in [2.75, 3.05) is 0 Å². The molecule has 0 aromatic rings. The standard InChI is InChI=1S/C36H64O3Si2/c1-24(21-25(2)37)29-17-18-30-28-16-15-26-22-27(38-40(11,12)33(3,4)5)23-32(39-41(13,14)34(6,7)8)36(26,10)31(28)19-20-35(29,30)9/h15-16,24,27,29-32H,17-23H2,1-14H3/t24-,27-,29-,30+,31+,32+,35-,36+/m1/s1. The van der Waals surface area contributed by atoms with Crippen molar-refractivity contribution >= 4 is 22.4 Å². The number of hydrogen-bond donors (Lipinski definition) is 0. The van der Waals surface area contributed by atoms with Crippen molar-refractivity contribution in [3.63, 3.8) is 0 Å². The molecule has 8 atom stereocenters. The van der Waals surface area contributed by atoms with Gasteiger partial charge in [0, 0.05) is 11.8 Å². The highest BCUT2D eigenvalue weighted by Gasteiger charge is 2.60. The highest BCUT2D eigenvalue weighted by Crippen LogP contribution is 2.67. The number of carbonyl (C=O) groups excluding carboxylic acids is 1. The van der Waals surface area contributed by atoms with Gasteiger partial charge in [0.1, 0.15) is 5.78 Å². The fourth-order valence-electron chi connectivity index (χ4n) is 8.96. The van der Waals surface area contributed by atoms with E-state index in [4.69, 9.17) is 8.85 Å². The fourth-order valence-corrected chi connectivity index (χ4v) is 11.7. The van der Waals surface area contributed by atoms with Gasteiger partial charge in [-0.25, -0.2) is 0 Å². The average molecular weight is 601 g/mol. The molecule has 4 aliphatic carbocycles. The van der Waals surface area contributed by atoms with Crippen molar-refractivity contribution < 1.29 is 13.6 Å². The number of allylic oxidation sites excluding steroid dienone is 3. The van der Waals surface area contributed by atoms with Gasteiger partial charge in [-0.2, -0.15) is 0 Å². The van der Waals surface area contributed by atoms with Gasteiger partial charge in [0.25, 0.3) is 0 Å². The molecule has 0 radical (unpaired) electrons. The minimum absolute atomic E-state index is 0.0251. The zero-order valence-electron chi connectivity index (χ0n) is 29.3. The highest BCUT2D eigenvalue weighted by atomic mass is 28.4. The van der Waals surface area contributed by atoms with Crippen LogP contribution in [0.5, 0.6) is 0 Å². The van der Waals surface area contributed by atoms with Crippen LogP contribution in [0.1, 0.15) is 114 Å². The van der Waals surface area contributed by atoms with Gasteiger partial charge < -0.3 is 13.6 Å². The van der Waals surface area contributed by atoms with Crippen LogP contribution >= 0.6 is 0 Å². The van der Waals surface area contributed by atoms with Crippen molar-refractivity contribution in [1.29, 1.82) is 0 Å². The van der Waals surface area contributed by atoms with Crippen LogP contribution in [-0.2, 0) is 13.6 Å². The van der Waals surface area contributed by atoms with Crippen LogP contribution in [0.15, 0.2) is 23.3 Å². The Bertz CT molecular complexity index is 1070. The second-order valence-corrected chi connectivity index (χ2v) is 27.7. The van der Waals surface area contributed by atoms with E-state index in [0.717, 1.165) is 19.3 Å². The molecule has 0 amide bonds. The number of ketones is 1. The van der Waals surface area contributed by atoms with Crippen molar-refractivity contribution in [3.05, 3.63) is 23.3 Å². The molecule has 0 aromatic heterocycles. The molecule has 41 heavy (non-hydrogen) atoms. The Kier molecular flexibility index (Phi) is 8.83. The van der Waals surface area contributed by atoms with Crippen LogP contribution in [0.25, 0.3) is 0 Å². The van der Waals surface area contributed by atoms with E-state index in [9.17, 15) is 4.79 Å². The quantitative estimate of drug-likeness (QED) is 0.273. The number of hydrogen-bond acceptors (Lipinski definition) is 3. The molecule has 0 saturated heterocycles. The maximum atomic E-state index is 12.1. The summed E-state index contributed by atoms with van der Waals surface area (Å²) >= 11 is 0. The van der Waals surface area contributed by atoms with Crippen LogP contribution in [0.2, 0.25) is 36.3 Å². The molecule has 0 aromatic carbocycles. The SMILES string of the molecule is CC(=O)C[C@@H](C)[C@H]1CC[C@H]2C3=CC=C4C[C@@H](O[Si](C)(C)C(C)(C)C)C[C@H](O[Si](C)(C)C(C)(C)C)[C@]4(C)[C@H]3CC[C@]12C. The largest absolute Gasteiger partial charge is 0.414 e. The van der Waals surface area contributed by atoms with E-state index in [0.29, 0.717) is 34.9 Å². The van der Waals surface area contributed by atoms with Crippen LogP contribution in [-0.4, -0.2) is 34.6 Å². The Morgan fingerprint density at radius 3 is 2.07 bits per heavy atom. The van der Waals surface area contributed by atoms with E-state index in [2.05, 4.69) is 101 Å². The molecule has 3 fully saturated rings. The van der Waals surface area contributed by atoms with Crippen molar-refractivity contribution in [3.8, 4) is 0 Å². The molecule has 0 unspecified atom stereocenters. The van der Waals surface area contributed by atoms with Crippen LogP contribution in [0, 0.1) is 34.5 Å². The summed E-state index contributed by atoms with van der Waals surface area (Å²) in [4.78, 5) is 12.1. The summed E-state index contributed by atoms with van der Waals surface area (Å²) in [5.74, 6) is 2.64. The van der Waals surface area contributed by atoms with E-state index in [1.54, 1.807) is 18.1 Å². The van der Waals surface area contributed by atoms with E-state index in [1.165, 1.54) is 25.7 Å². The first-order valence-corrected chi connectivity index (χ1v) is 22.6. The summed E-state index contributed by atoms with van der Waals surface area (Å²) in [6, 6.07) is 0. The van der Waals surface area contributed by atoms with Gasteiger partial charge in [-0.3, -0.25) is 0 Å². The maximum Gasteiger partial charge on any atom is 0.192 e. The lowest BCUT2D eigenvalue weighted by atomic mass is 9.49. The minimum atomic E-state index is -2.00. The lowest BCUT2D eigenvalue weighted by Crippen LogP contribution is -2.58. The highest BCUT2D eigenvalue weighted by molar-refractivity contribution is 6.74. The molecule has 3 saturated carbocycles. The third kappa shape index (κ3) is 5.84. The summed E-state index contributed by atoms with van der Waals surface area (Å²) < 4.78 is 14.6. The first kappa shape index (κ1) is 33.4. The number of Topliss-reactive ketones (excluding diaryl/α,β-unsaturated/α-hetero) is 1. The van der Waals surface area contributed by atoms with Gasteiger partial charge in [0.05, 0.1) is 12.2 Å². The zero-order chi connectivity index (χ0) is 31.0. The predicted molar refractivity (Wildman–Crippen MR) is 179 cm³/mol. The molecule has 234 valence electrons. The molecule has 0 bridgehead atoms. The van der Waals surface area contributed by atoms with Gasteiger partial charge >= 0.3 is 0 Å². The Labute approximate surface area is 256 Å². The number of carbonyl (C=O) groups is 1. The maximum absolute atomic E-state index is 12.1. The Balaban J connectivity index is 1.72. The first-order chi connectivity index (χ1) is 18.5. The molecular weight excluding hydrogens is 537 g/mol. The van der Waals surface area contributed by atoms with E-state index in [-0.39, 0.29) is 27.7 Å². The molecule has 3 nitrogen and oxygen atoms in total. The molecule has 0 heterocycles. The third-order valence-electron chi connectivity index (χ3n) is 13.5. The van der Waals surface area contributed by atoms with Gasteiger partial charge in [-0.15, -0.1) is 0 Å². The molecule has 0 spiro atoms. The van der Waals surface area contributed by atoms with Crippen molar-refractivity contribution in [2.45, 2.75) is 163 Å². The molecule has 0 aliphatic heterocycles. The summed E-state index contributed by atoms with van der Waals surface area (Å²) in [5.41, 5.74) is 3.61. The molecule has 5 heteroatoms. The first-order valence-electron chi connectivity index (χ1n) is 16.8. The summed E-state index contributed by atoms with van der Waals surface area (Å²) in [6.45, 7) is 33.1. The third-order valence-corrected chi connectivity index (χ3v) is 22.5. The number of rotatable bonds is 7. The molecule has 0 N–H and O–H groups in total. The monoisotopic (exact) mass is 600 g/mol. The normalized spacial score (nSPS) is 37.0. The van der Waals surface area contributed by atoms with Gasteiger partial charge in [-0.05, 0) is 111 Å². The van der Waals surface area contributed by atoms with E-state index >= 15 is 0 Å². The lowest BCUT2D eigenvalue weighted by molar-refractivity contribution is -0.118. The average Bonchev–Trinajstić information content (AvgIpc) is 3.15. The predicted octanol–water partition coefficient (Wildman–Crippen LogP) is 10.5. The summed E-state index contributed by atoms with van der Waals surface area (Å²) in [5, 5.41) is 0.369. The Morgan fingerprint density at radius 2 is 1.51 bits per heavy atom. The van der Waals surface area contributed by atoms with Crippen LogP contribution in [0.3, 0.4) is 0 Å². The second-order valence-electron chi connectivity index (χ2n) is 18.2. The molecule has 4 aliphatic rings. The summed E-state index contributed by atoms with van der Waals surface area (Å²) in [7, 11) is -3.90. The second kappa shape index (κ2) is 10.8. The van der Waals surface area contributed by atoms with Gasteiger partial charge in [0.2, 0.25) is 0 Å². The van der Waals surface area contributed by atoms with Gasteiger partial charge in [-0.1, -0.05) is 85.6 Å². The molecule has 4 rings (SSSR count). The zero-order valence-corrected chi connectivity index (χ0v) is 31.3. The fraction of sp³-hybridized carbons (Fsp3) is 0.861. The van der Waals surface area contributed by atoms with Crippen molar-refractivity contribution in [2.24, 2.45) is 34.5 Å². The Hall–Kier alpha value is -0.496. The van der Waals surface area contributed by atoms with Crippen LogP contribution in [0.4, 0.5) is 0 Å². The Morgan fingerprint density at radius 1 is 0.927 bits per heavy atom. The minimum Gasteiger partial charge on any atom is -0.414 e. The smallest absolute Gasteiger partial charge is 0.192 e. The van der Waals surface area contributed by atoms with E-state index < -0.39 is 16.6 Å². The van der Waals surface area contributed by atoms with Crippen molar-refractivity contribution in [1.82, 2.24) is 0 Å². The van der Waals surface area contributed by atoms with E-state index in [1.807, 2.05) is 0 Å². The molecular formula is C36H64O3Si2.